The number of nitrogens with zero attached hydrogens (tertiary/aromatic N) is 1. The number of halogens is 1. The summed E-state index contributed by atoms with van der Waals surface area (Å²) >= 11 is 3.35. The molecule has 0 aliphatic rings. The molecule has 3 rings (SSSR count). The number of amides is 3. The first-order chi connectivity index (χ1) is 16.9. The van der Waals surface area contributed by atoms with Crippen LogP contribution in [0.25, 0.3) is 0 Å². The first-order valence-electron chi connectivity index (χ1n) is 10.4. The van der Waals surface area contributed by atoms with Gasteiger partial charge in [0.15, 0.2) is 6.61 Å². The molecule has 0 atom stereocenters. The van der Waals surface area contributed by atoms with Crippen LogP contribution in [0.5, 0.6) is 11.5 Å². The molecule has 11 heteroatoms. The Morgan fingerprint density at radius 1 is 1.03 bits per heavy atom. The highest BCUT2D eigenvalue weighted by Crippen LogP contribution is 2.21. The Labute approximate surface area is 209 Å². The van der Waals surface area contributed by atoms with Gasteiger partial charge in [0.2, 0.25) is 0 Å². The molecule has 3 amide bonds. The van der Waals surface area contributed by atoms with Crippen LogP contribution in [0, 0.1) is 0 Å². The number of hydrogen-bond donors (Lipinski definition) is 3. The van der Waals surface area contributed by atoms with Crippen LogP contribution in [0.1, 0.15) is 16.9 Å². The average Bonchev–Trinajstić information content (AvgIpc) is 3.39. The topological polar surface area (TPSA) is 131 Å². The highest BCUT2D eigenvalue weighted by molar-refractivity contribution is 9.10. The van der Waals surface area contributed by atoms with Gasteiger partial charge in [0.05, 0.1) is 26.1 Å². The molecule has 3 N–H and O–H groups in total. The molecule has 0 unspecified atom stereocenters. The molecule has 0 aliphatic heterocycles. The Morgan fingerprint density at radius 3 is 2.54 bits per heavy atom. The van der Waals surface area contributed by atoms with Gasteiger partial charge in [-0.15, -0.1) is 0 Å². The summed E-state index contributed by atoms with van der Waals surface area (Å²) in [6.45, 7) is 0.186. The average molecular weight is 543 g/mol. The molecule has 0 saturated carbocycles. The zero-order chi connectivity index (χ0) is 25.0. The lowest BCUT2D eigenvalue weighted by Gasteiger charge is -2.10. The Balaban J connectivity index is 1.48. The number of carbonyl (C=O) groups excluding carboxylic acids is 3. The van der Waals surface area contributed by atoms with Gasteiger partial charge in [-0.05, 0) is 48.0 Å². The van der Waals surface area contributed by atoms with Crippen LogP contribution in [-0.2, 0) is 27.5 Å². The van der Waals surface area contributed by atoms with E-state index >= 15 is 0 Å². The standard InChI is InChI=1S/C24H23BrN4O6/c1-33-19-7-4-16(5-8-19)12-27-23(31)24(32)29-28-13-17-11-18(25)6-9-21(17)35-15-22(30)26-14-20-3-2-10-34-20/h2-11,13H,12,14-15H2,1H3,(H,26,30)(H,27,31)(H,29,32)/b28-13-. The third-order valence-corrected chi connectivity index (χ3v) is 5.05. The second-order valence-corrected chi connectivity index (χ2v) is 7.97. The van der Waals surface area contributed by atoms with Crippen molar-refractivity contribution in [2.75, 3.05) is 13.7 Å². The quantitative estimate of drug-likeness (QED) is 0.205. The van der Waals surface area contributed by atoms with Gasteiger partial charge in [-0.25, -0.2) is 5.43 Å². The maximum atomic E-state index is 12.0. The number of methoxy groups -OCH3 is 1. The third-order valence-electron chi connectivity index (χ3n) is 4.56. The Hall–Kier alpha value is -4.12. The first kappa shape index (κ1) is 25.5. The molecule has 1 aromatic heterocycles. The molecular weight excluding hydrogens is 520 g/mol. The summed E-state index contributed by atoms with van der Waals surface area (Å²) in [6.07, 6.45) is 2.84. The molecule has 1 heterocycles. The summed E-state index contributed by atoms with van der Waals surface area (Å²) in [5.74, 6) is -0.421. The van der Waals surface area contributed by atoms with E-state index in [9.17, 15) is 14.4 Å². The lowest BCUT2D eigenvalue weighted by Crippen LogP contribution is -2.37. The Morgan fingerprint density at radius 2 is 1.83 bits per heavy atom. The van der Waals surface area contributed by atoms with Crippen molar-refractivity contribution < 1.29 is 28.3 Å². The van der Waals surface area contributed by atoms with Crippen LogP contribution in [0.2, 0.25) is 0 Å². The molecule has 0 spiro atoms. The molecule has 35 heavy (non-hydrogen) atoms. The minimum absolute atomic E-state index is 0.172. The number of nitrogens with one attached hydrogen (secondary N) is 3. The van der Waals surface area contributed by atoms with Gasteiger partial charge in [-0.1, -0.05) is 28.1 Å². The molecule has 0 saturated heterocycles. The van der Waals surface area contributed by atoms with Crippen molar-refractivity contribution in [1.82, 2.24) is 16.1 Å². The van der Waals surface area contributed by atoms with E-state index in [1.54, 1.807) is 61.7 Å². The summed E-state index contributed by atoms with van der Waals surface area (Å²) in [5.41, 5.74) is 3.46. The number of ether oxygens (including phenoxy) is 2. The molecule has 2 aromatic carbocycles. The number of benzene rings is 2. The van der Waals surface area contributed by atoms with Gasteiger partial charge in [-0.2, -0.15) is 5.10 Å². The van der Waals surface area contributed by atoms with E-state index in [-0.39, 0.29) is 25.6 Å². The minimum atomic E-state index is -0.926. The zero-order valence-corrected chi connectivity index (χ0v) is 20.3. The van der Waals surface area contributed by atoms with Crippen molar-refractivity contribution in [2.45, 2.75) is 13.1 Å². The Kier molecular flexibility index (Phi) is 9.43. The molecular formula is C24H23BrN4O6. The van der Waals surface area contributed by atoms with Gasteiger partial charge >= 0.3 is 11.8 Å². The van der Waals surface area contributed by atoms with Gasteiger partial charge in [0, 0.05) is 16.6 Å². The lowest BCUT2D eigenvalue weighted by molar-refractivity contribution is -0.139. The SMILES string of the molecule is COc1ccc(CNC(=O)C(=O)N/N=C\c2cc(Br)ccc2OCC(=O)NCc2ccco2)cc1. The number of hydrogen-bond acceptors (Lipinski definition) is 7. The number of hydrazone groups is 1. The van der Waals surface area contributed by atoms with Gasteiger partial charge in [-0.3, -0.25) is 14.4 Å². The van der Waals surface area contributed by atoms with Crippen LogP contribution < -0.4 is 25.5 Å². The van der Waals surface area contributed by atoms with E-state index in [0.717, 1.165) is 10.0 Å². The van der Waals surface area contributed by atoms with E-state index in [0.29, 0.717) is 22.8 Å². The largest absolute Gasteiger partial charge is 0.497 e. The fourth-order valence-corrected chi connectivity index (χ4v) is 3.14. The second kappa shape index (κ2) is 12.9. The smallest absolute Gasteiger partial charge is 0.329 e. The number of furan rings is 1. The van der Waals surface area contributed by atoms with E-state index < -0.39 is 11.8 Å². The second-order valence-electron chi connectivity index (χ2n) is 7.06. The van der Waals surface area contributed by atoms with E-state index in [2.05, 4.69) is 37.1 Å². The molecule has 0 radical (unpaired) electrons. The number of rotatable bonds is 10. The summed E-state index contributed by atoms with van der Waals surface area (Å²) in [5, 5.41) is 9.01. The van der Waals surface area contributed by atoms with Crippen LogP contribution in [-0.4, -0.2) is 37.7 Å². The Bertz CT molecular complexity index is 1180. The van der Waals surface area contributed by atoms with Crippen molar-refractivity contribution in [1.29, 1.82) is 0 Å². The molecule has 0 aliphatic carbocycles. The highest BCUT2D eigenvalue weighted by Gasteiger charge is 2.12. The summed E-state index contributed by atoms with van der Waals surface area (Å²) < 4.78 is 16.5. The van der Waals surface area contributed by atoms with Gasteiger partial charge in [0.1, 0.15) is 17.3 Å². The third kappa shape index (κ3) is 8.31. The highest BCUT2D eigenvalue weighted by atomic mass is 79.9. The van der Waals surface area contributed by atoms with E-state index in [4.69, 9.17) is 13.9 Å². The predicted octanol–water partition coefficient (Wildman–Crippen LogP) is 2.51. The van der Waals surface area contributed by atoms with Crippen LogP contribution in [0.3, 0.4) is 0 Å². The van der Waals surface area contributed by atoms with E-state index in [1.807, 2.05) is 0 Å². The summed E-state index contributed by atoms with van der Waals surface area (Å²) in [7, 11) is 1.56. The summed E-state index contributed by atoms with van der Waals surface area (Å²) in [4.78, 5) is 36.1. The van der Waals surface area contributed by atoms with Crippen molar-refractivity contribution in [3.8, 4) is 11.5 Å². The maximum Gasteiger partial charge on any atom is 0.329 e. The van der Waals surface area contributed by atoms with Crippen molar-refractivity contribution in [2.24, 2.45) is 5.10 Å². The van der Waals surface area contributed by atoms with Crippen LogP contribution in [0.15, 0.2) is 74.9 Å². The molecule has 0 bridgehead atoms. The van der Waals surface area contributed by atoms with Crippen molar-refractivity contribution in [3.05, 3.63) is 82.2 Å². The fourth-order valence-electron chi connectivity index (χ4n) is 2.76. The first-order valence-corrected chi connectivity index (χ1v) is 11.2. The van der Waals surface area contributed by atoms with Gasteiger partial charge < -0.3 is 24.5 Å². The lowest BCUT2D eigenvalue weighted by atomic mass is 10.2. The molecule has 182 valence electrons. The molecule has 10 nitrogen and oxygen atoms in total. The van der Waals surface area contributed by atoms with Crippen molar-refractivity contribution >= 4 is 39.9 Å². The van der Waals surface area contributed by atoms with E-state index in [1.165, 1.54) is 12.5 Å². The van der Waals surface area contributed by atoms with Gasteiger partial charge in [0.25, 0.3) is 5.91 Å². The van der Waals surface area contributed by atoms with Crippen molar-refractivity contribution in [3.63, 3.8) is 0 Å². The molecule has 0 fully saturated rings. The minimum Gasteiger partial charge on any atom is -0.497 e. The fraction of sp³-hybridized carbons (Fsp3) is 0.167. The summed E-state index contributed by atoms with van der Waals surface area (Å²) in [6, 6.07) is 15.6. The number of carbonyl (C=O) groups is 3. The van der Waals surface area contributed by atoms with Crippen LogP contribution >= 0.6 is 15.9 Å². The monoisotopic (exact) mass is 542 g/mol. The zero-order valence-electron chi connectivity index (χ0n) is 18.7. The maximum absolute atomic E-state index is 12.0. The normalized spacial score (nSPS) is 10.6. The van der Waals surface area contributed by atoms with Crippen LogP contribution in [0.4, 0.5) is 0 Å². The predicted molar refractivity (Wildman–Crippen MR) is 131 cm³/mol. The molecule has 3 aromatic rings.